The molecular formula is C29H33NO9S. The van der Waals surface area contributed by atoms with Gasteiger partial charge < -0.3 is 28.4 Å². The summed E-state index contributed by atoms with van der Waals surface area (Å²) in [6, 6.07) is 14.5. The molecule has 0 amide bonds. The number of aryl methyl sites for hydroxylation is 1. The standard InChI is InChI=1S/C29H33NO9S/c1-5-36-28-26(39-25-12-8-9-17-37-25)21(29(31)35-4)18-22(27(28)38-24-11-7-6-10-23(24)34-3)30-40(32,33)20-15-13-19(2)14-16-20/h6-7,10-11,13-16,18,25,30H,5,8-9,12,17H2,1-4H3. The molecule has 1 fully saturated rings. The van der Waals surface area contributed by atoms with E-state index >= 15 is 0 Å². The fourth-order valence-electron chi connectivity index (χ4n) is 4.12. The normalized spacial score (nSPS) is 15.2. The quantitative estimate of drug-likeness (QED) is 0.290. The highest BCUT2D eigenvalue weighted by atomic mass is 32.2. The molecule has 0 aromatic heterocycles. The van der Waals surface area contributed by atoms with Crippen molar-refractivity contribution in [2.24, 2.45) is 0 Å². The van der Waals surface area contributed by atoms with E-state index in [0.717, 1.165) is 18.4 Å². The molecule has 1 unspecified atom stereocenters. The minimum Gasteiger partial charge on any atom is -0.493 e. The third kappa shape index (κ3) is 6.60. The molecule has 214 valence electrons. The second-order valence-corrected chi connectivity index (χ2v) is 10.7. The van der Waals surface area contributed by atoms with E-state index in [1.165, 1.54) is 32.4 Å². The summed E-state index contributed by atoms with van der Waals surface area (Å²) in [5, 5.41) is 0. The number of carbonyl (C=O) groups excluding carboxylic acids is 1. The minimum atomic E-state index is -4.12. The third-order valence-corrected chi connectivity index (χ3v) is 7.51. The summed E-state index contributed by atoms with van der Waals surface area (Å²) in [6.07, 6.45) is 1.72. The number of hydrogen-bond donors (Lipinski definition) is 1. The Morgan fingerprint density at radius 3 is 2.35 bits per heavy atom. The monoisotopic (exact) mass is 571 g/mol. The smallest absolute Gasteiger partial charge is 0.341 e. The molecule has 0 aliphatic carbocycles. The van der Waals surface area contributed by atoms with E-state index in [1.807, 2.05) is 6.92 Å². The largest absolute Gasteiger partial charge is 0.493 e. The SMILES string of the molecule is CCOc1c(Oc2ccccc2OC)c(NS(=O)(=O)c2ccc(C)cc2)cc(C(=O)OC)c1OC1CCCCO1. The van der Waals surface area contributed by atoms with Crippen LogP contribution in [0.4, 0.5) is 5.69 Å². The molecule has 0 radical (unpaired) electrons. The maximum Gasteiger partial charge on any atom is 0.341 e. The summed E-state index contributed by atoms with van der Waals surface area (Å²) < 4.78 is 64.1. The second-order valence-electron chi connectivity index (χ2n) is 8.97. The molecular weight excluding hydrogens is 538 g/mol. The molecule has 1 aliphatic heterocycles. The molecule has 3 aromatic rings. The fraction of sp³-hybridized carbons (Fsp3) is 0.345. The number of para-hydroxylation sites is 2. The fourth-order valence-corrected chi connectivity index (χ4v) is 5.18. The lowest BCUT2D eigenvalue weighted by Crippen LogP contribution is -2.26. The van der Waals surface area contributed by atoms with E-state index in [-0.39, 0.29) is 45.8 Å². The number of rotatable bonds is 11. The number of esters is 1. The van der Waals surface area contributed by atoms with E-state index < -0.39 is 22.3 Å². The molecule has 4 rings (SSSR count). The van der Waals surface area contributed by atoms with Crippen LogP contribution in [0, 0.1) is 6.92 Å². The Morgan fingerprint density at radius 2 is 1.73 bits per heavy atom. The Labute approximate surface area is 234 Å². The summed E-state index contributed by atoms with van der Waals surface area (Å²) in [4.78, 5) is 13.0. The Hall–Kier alpha value is -3.96. The number of hydrogen-bond acceptors (Lipinski definition) is 9. The van der Waals surface area contributed by atoms with Gasteiger partial charge in [0.1, 0.15) is 5.56 Å². The van der Waals surface area contributed by atoms with Crippen LogP contribution in [0.2, 0.25) is 0 Å². The van der Waals surface area contributed by atoms with Gasteiger partial charge in [0.25, 0.3) is 10.0 Å². The van der Waals surface area contributed by atoms with Gasteiger partial charge in [0.2, 0.25) is 5.75 Å². The van der Waals surface area contributed by atoms with Crippen LogP contribution in [-0.4, -0.2) is 48.1 Å². The van der Waals surface area contributed by atoms with Crippen molar-refractivity contribution >= 4 is 21.7 Å². The molecule has 0 bridgehead atoms. The van der Waals surface area contributed by atoms with E-state index in [9.17, 15) is 13.2 Å². The molecule has 3 aromatic carbocycles. The minimum absolute atomic E-state index is 0.00656. The summed E-state index contributed by atoms with van der Waals surface area (Å²) >= 11 is 0. The zero-order chi connectivity index (χ0) is 28.7. The zero-order valence-electron chi connectivity index (χ0n) is 22.9. The Bertz CT molecular complexity index is 1430. The van der Waals surface area contributed by atoms with E-state index in [0.29, 0.717) is 18.8 Å². The van der Waals surface area contributed by atoms with Gasteiger partial charge in [0, 0.05) is 6.42 Å². The van der Waals surface area contributed by atoms with Gasteiger partial charge >= 0.3 is 5.97 Å². The van der Waals surface area contributed by atoms with E-state index in [4.69, 9.17) is 28.4 Å². The van der Waals surface area contributed by atoms with Crippen LogP contribution in [0.1, 0.15) is 42.1 Å². The summed E-state index contributed by atoms with van der Waals surface area (Å²) in [5.74, 6) is -0.0809. The molecule has 1 heterocycles. The van der Waals surface area contributed by atoms with Crippen LogP contribution in [0.25, 0.3) is 0 Å². The lowest BCUT2D eigenvalue weighted by Gasteiger charge is -2.27. The summed E-state index contributed by atoms with van der Waals surface area (Å²) in [5.41, 5.74) is 0.776. The summed E-state index contributed by atoms with van der Waals surface area (Å²) in [7, 11) is -1.41. The number of methoxy groups -OCH3 is 2. The highest BCUT2D eigenvalue weighted by Gasteiger charge is 2.31. The van der Waals surface area contributed by atoms with Gasteiger partial charge in [-0.2, -0.15) is 0 Å². The number of carbonyl (C=O) groups is 1. The maximum absolute atomic E-state index is 13.5. The highest BCUT2D eigenvalue weighted by Crippen LogP contribution is 2.50. The van der Waals surface area contributed by atoms with Crippen molar-refractivity contribution in [2.75, 3.05) is 32.2 Å². The zero-order valence-corrected chi connectivity index (χ0v) is 23.7. The van der Waals surface area contributed by atoms with Crippen LogP contribution < -0.4 is 23.7 Å². The van der Waals surface area contributed by atoms with E-state index in [2.05, 4.69) is 4.72 Å². The number of anilines is 1. The summed E-state index contributed by atoms with van der Waals surface area (Å²) in [6.45, 7) is 4.25. The third-order valence-electron chi connectivity index (χ3n) is 6.13. The first kappa shape index (κ1) is 29.0. The molecule has 0 spiro atoms. The van der Waals surface area contributed by atoms with Crippen LogP contribution in [0.3, 0.4) is 0 Å². The van der Waals surface area contributed by atoms with Crippen LogP contribution in [-0.2, 0) is 19.5 Å². The lowest BCUT2D eigenvalue weighted by atomic mass is 10.1. The number of nitrogens with one attached hydrogen (secondary N) is 1. The number of ether oxygens (including phenoxy) is 6. The lowest BCUT2D eigenvalue weighted by molar-refractivity contribution is -0.107. The average molecular weight is 572 g/mol. The molecule has 1 saturated heterocycles. The van der Waals surface area contributed by atoms with Crippen LogP contribution in [0.15, 0.2) is 59.5 Å². The predicted molar refractivity (Wildman–Crippen MR) is 148 cm³/mol. The Balaban J connectivity index is 1.93. The molecule has 1 N–H and O–H groups in total. The molecule has 0 saturated carbocycles. The van der Waals surface area contributed by atoms with Crippen molar-refractivity contribution in [3.63, 3.8) is 0 Å². The first-order valence-corrected chi connectivity index (χ1v) is 14.4. The molecule has 10 nitrogen and oxygen atoms in total. The van der Waals surface area contributed by atoms with Crippen molar-refractivity contribution in [1.82, 2.24) is 0 Å². The van der Waals surface area contributed by atoms with E-state index in [1.54, 1.807) is 43.3 Å². The number of benzene rings is 3. The average Bonchev–Trinajstić information content (AvgIpc) is 2.96. The van der Waals surface area contributed by atoms with Gasteiger partial charge in [-0.05, 0) is 57.0 Å². The molecule has 1 aliphatic rings. The van der Waals surface area contributed by atoms with Crippen molar-refractivity contribution < 1.29 is 41.6 Å². The van der Waals surface area contributed by atoms with Gasteiger partial charge in [-0.3, -0.25) is 4.72 Å². The molecule has 40 heavy (non-hydrogen) atoms. The Kier molecular flexibility index (Phi) is 9.38. The van der Waals surface area contributed by atoms with Gasteiger partial charge in [-0.25, -0.2) is 13.2 Å². The highest BCUT2D eigenvalue weighted by molar-refractivity contribution is 7.92. The Morgan fingerprint density at radius 1 is 1.00 bits per heavy atom. The first-order valence-electron chi connectivity index (χ1n) is 12.9. The van der Waals surface area contributed by atoms with Gasteiger partial charge in [-0.15, -0.1) is 0 Å². The number of sulfonamides is 1. The molecule has 11 heteroatoms. The first-order chi connectivity index (χ1) is 19.3. The van der Waals surface area contributed by atoms with Crippen molar-refractivity contribution in [1.29, 1.82) is 0 Å². The van der Waals surface area contributed by atoms with Crippen LogP contribution >= 0.6 is 0 Å². The van der Waals surface area contributed by atoms with Gasteiger partial charge in [-0.1, -0.05) is 29.8 Å². The van der Waals surface area contributed by atoms with Crippen molar-refractivity contribution in [3.8, 4) is 28.7 Å². The second kappa shape index (κ2) is 12.9. The van der Waals surface area contributed by atoms with Gasteiger partial charge in [0.15, 0.2) is 29.3 Å². The topological polar surface area (TPSA) is 119 Å². The van der Waals surface area contributed by atoms with Crippen LogP contribution in [0.5, 0.6) is 28.7 Å². The van der Waals surface area contributed by atoms with Crippen molar-refractivity contribution in [3.05, 3.63) is 65.7 Å². The van der Waals surface area contributed by atoms with Crippen molar-refractivity contribution in [2.45, 2.75) is 44.3 Å². The maximum atomic E-state index is 13.5. The predicted octanol–water partition coefficient (Wildman–Crippen LogP) is 5.69. The molecule has 1 atom stereocenters. The van der Waals surface area contributed by atoms with Gasteiger partial charge in [0.05, 0.1) is 38.0 Å².